The van der Waals surface area contributed by atoms with Crippen LogP contribution in [-0.4, -0.2) is 42.9 Å². The Morgan fingerprint density at radius 1 is 1.12 bits per heavy atom. The van der Waals surface area contributed by atoms with E-state index in [1.807, 2.05) is 13.8 Å². The second-order valence-corrected chi connectivity index (χ2v) is 11.8. The number of hydrogen-bond donors (Lipinski definition) is 2. The van der Waals surface area contributed by atoms with Gasteiger partial charge in [0.1, 0.15) is 5.75 Å². The van der Waals surface area contributed by atoms with Crippen molar-refractivity contribution in [1.29, 1.82) is 0 Å². The molecular weight excluding hydrogens is 538 g/mol. The van der Waals surface area contributed by atoms with Crippen molar-refractivity contribution in [2.75, 3.05) is 12.4 Å². The highest BCUT2D eigenvalue weighted by Gasteiger charge is 2.28. The summed E-state index contributed by atoms with van der Waals surface area (Å²) in [5.41, 5.74) is 0.991. The number of sulfonamides is 1. The summed E-state index contributed by atoms with van der Waals surface area (Å²) >= 11 is 8.67. The van der Waals surface area contributed by atoms with Gasteiger partial charge in [-0.25, -0.2) is 8.42 Å². The maximum absolute atomic E-state index is 13.0. The third-order valence-corrected chi connectivity index (χ3v) is 8.41. The van der Waals surface area contributed by atoms with E-state index in [9.17, 15) is 13.2 Å². The van der Waals surface area contributed by atoms with Crippen LogP contribution in [0.15, 0.2) is 51.8 Å². The minimum absolute atomic E-state index is 0.0155. The van der Waals surface area contributed by atoms with Crippen molar-refractivity contribution in [2.24, 2.45) is 0 Å². The number of benzene rings is 2. The van der Waals surface area contributed by atoms with Gasteiger partial charge in [-0.05, 0) is 97.3 Å². The molecule has 1 aliphatic carbocycles. The van der Waals surface area contributed by atoms with Crippen LogP contribution in [0.3, 0.4) is 0 Å². The van der Waals surface area contributed by atoms with Gasteiger partial charge in [0.15, 0.2) is 5.11 Å². The number of thiocarbonyl (C=S) groups is 1. The highest BCUT2D eigenvalue weighted by Crippen LogP contribution is 2.28. The van der Waals surface area contributed by atoms with E-state index in [2.05, 4.69) is 26.6 Å². The number of hydrogen-bond acceptors (Lipinski definition) is 5. The van der Waals surface area contributed by atoms with E-state index in [1.54, 1.807) is 49.5 Å². The number of nitrogens with zero attached hydrogens (tertiary/aromatic N) is 1. The summed E-state index contributed by atoms with van der Waals surface area (Å²) < 4.78 is 33.8. The summed E-state index contributed by atoms with van der Waals surface area (Å²) in [7, 11) is -1.91. The second-order valence-electron chi connectivity index (χ2n) is 8.56. The fourth-order valence-corrected chi connectivity index (χ4v) is 5.95. The van der Waals surface area contributed by atoms with E-state index in [0.29, 0.717) is 21.5 Å². The number of nitrogens with one attached hydrogen (secondary N) is 2. The molecule has 0 spiro atoms. The molecule has 10 heteroatoms. The number of anilines is 1. The number of halogens is 1. The first-order valence-electron chi connectivity index (χ1n) is 11.2. The Labute approximate surface area is 215 Å². The largest absolute Gasteiger partial charge is 0.490 e. The first-order chi connectivity index (χ1) is 16.1. The highest BCUT2D eigenvalue weighted by molar-refractivity contribution is 9.10. The molecule has 0 aromatic heterocycles. The summed E-state index contributed by atoms with van der Waals surface area (Å²) in [5, 5.41) is 5.66. The maximum atomic E-state index is 13.0. The molecule has 0 saturated heterocycles. The lowest BCUT2D eigenvalue weighted by Crippen LogP contribution is -2.38. The third kappa shape index (κ3) is 6.78. The summed E-state index contributed by atoms with van der Waals surface area (Å²) in [6.45, 7) is 3.85. The molecule has 3 rings (SSSR count). The predicted octanol–water partition coefficient (Wildman–Crippen LogP) is 5.32. The molecule has 0 heterocycles. The van der Waals surface area contributed by atoms with Crippen molar-refractivity contribution in [3.8, 4) is 5.75 Å². The smallest absolute Gasteiger partial charge is 0.257 e. The van der Waals surface area contributed by atoms with Crippen LogP contribution >= 0.6 is 28.1 Å². The van der Waals surface area contributed by atoms with E-state index >= 15 is 0 Å². The fourth-order valence-electron chi connectivity index (χ4n) is 3.85. The molecule has 184 valence electrons. The molecule has 2 N–H and O–H groups in total. The minimum atomic E-state index is -3.57. The zero-order valence-electron chi connectivity index (χ0n) is 19.5. The van der Waals surface area contributed by atoms with Crippen molar-refractivity contribution in [3.63, 3.8) is 0 Å². The zero-order valence-corrected chi connectivity index (χ0v) is 22.7. The van der Waals surface area contributed by atoms with Crippen molar-refractivity contribution < 1.29 is 17.9 Å². The van der Waals surface area contributed by atoms with Crippen molar-refractivity contribution >= 4 is 54.9 Å². The molecule has 0 radical (unpaired) electrons. The fraction of sp³-hybridized carbons (Fsp3) is 0.417. The number of rotatable bonds is 7. The lowest BCUT2D eigenvalue weighted by Gasteiger charge is -2.30. The van der Waals surface area contributed by atoms with Gasteiger partial charge < -0.3 is 10.1 Å². The van der Waals surface area contributed by atoms with E-state index in [4.69, 9.17) is 17.0 Å². The average Bonchev–Trinajstić information content (AvgIpc) is 2.80. The molecule has 1 amide bonds. The van der Waals surface area contributed by atoms with Crippen LogP contribution < -0.4 is 15.4 Å². The van der Waals surface area contributed by atoms with Gasteiger partial charge in [0.2, 0.25) is 10.0 Å². The van der Waals surface area contributed by atoms with Gasteiger partial charge in [-0.15, -0.1) is 0 Å². The van der Waals surface area contributed by atoms with Crippen LogP contribution in [0.2, 0.25) is 0 Å². The second kappa shape index (κ2) is 11.6. The summed E-state index contributed by atoms with van der Waals surface area (Å²) in [5.74, 6) is 0.277. The minimum Gasteiger partial charge on any atom is -0.490 e. The summed E-state index contributed by atoms with van der Waals surface area (Å²) in [6, 6.07) is 11.5. The van der Waals surface area contributed by atoms with Crippen LogP contribution in [0, 0.1) is 0 Å². The van der Waals surface area contributed by atoms with Gasteiger partial charge in [-0.3, -0.25) is 10.1 Å². The van der Waals surface area contributed by atoms with Crippen molar-refractivity contribution in [1.82, 2.24) is 9.62 Å². The molecule has 2 aromatic rings. The Morgan fingerprint density at radius 2 is 1.76 bits per heavy atom. The first kappa shape index (κ1) is 26.6. The Morgan fingerprint density at radius 3 is 2.35 bits per heavy atom. The molecule has 0 bridgehead atoms. The Balaban J connectivity index is 1.60. The first-order valence-corrected chi connectivity index (χ1v) is 13.9. The highest BCUT2D eigenvalue weighted by atomic mass is 79.9. The SMILES string of the molecule is CC(C)Oc1ccc(C(=O)NC(=S)Nc2ccc(S(=O)(=O)N(C)C3CCCCC3)cc2)cc1Br. The number of carbonyl (C=O) groups is 1. The van der Waals surface area contributed by atoms with Crippen molar-refractivity contribution in [3.05, 3.63) is 52.5 Å². The van der Waals surface area contributed by atoms with Gasteiger partial charge in [-0.2, -0.15) is 4.31 Å². The lowest BCUT2D eigenvalue weighted by atomic mass is 9.96. The van der Waals surface area contributed by atoms with E-state index in [0.717, 1.165) is 32.1 Å². The Bertz CT molecular complexity index is 1130. The van der Waals surface area contributed by atoms with Crippen LogP contribution in [0.4, 0.5) is 5.69 Å². The monoisotopic (exact) mass is 567 g/mol. The maximum Gasteiger partial charge on any atom is 0.257 e. The van der Waals surface area contributed by atoms with E-state index < -0.39 is 10.0 Å². The van der Waals surface area contributed by atoms with Gasteiger partial charge in [0.25, 0.3) is 5.91 Å². The van der Waals surface area contributed by atoms with Gasteiger partial charge in [0.05, 0.1) is 15.5 Å². The molecule has 0 unspecified atom stereocenters. The molecule has 1 saturated carbocycles. The van der Waals surface area contributed by atoms with Crippen molar-refractivity contribution in [2.45, 2.75) is 63.0 Å². The molecule has 0 atom stereocenters. The summed E-state index contributed by atoms with van der Waals surface area (Å²) in [4.78, 5) is 12.8. The van der Waals surface area contributed by atoms with E-state index in [-0.39, 0.29) is 28.1 Å². The molecule has 1 fully saturated rings. The Hall–Kier alpha value is -2.01. The van der Waals surface area contributed by atoms with E-state index in [1.165, 1.54) is 4.31 Å². The van der Waals surface area contributed by atoms with Gasteiger partial charge in [0, 0.05) is 24.3 Å². The van der Waals surface area contributed by atoms with Crippen LogP contribution in [0.5, 0.6) is 5.75 Å². The normalized spacial score (nSPS) is 14.8. The number of amides is 1. The van der Waals surface area contributed by atoms with Crippen LogP contribution in [0.1, 0.15) is 56.3 Å². The molecule has 7 nitrogen and oxygen atoms in total. The topological polar surface area (TPSA) is 87.7 Å². The average molecular weight is 569 g/mol. The predicted molar refractivity (Wildman–Crippen MR) is 142 cm³/mol. The van der Waals surface area contributed by atoms with Gasteiger partial charge >= 0.3 is 0 Å². The summed E-state index contributed by atoms with van der Waals surface area (Å²) in [6.07, 6.45) is 5.09. The molecule has 34 heavy (non-hydrogen) atoms. The lowest BCUT2D eigenvalue weighted by molar-refractivity contribution is 0.0977. The third-order valence-electron chi connectivity index (χ3n) is 5.66. The molecular formula is C24H30BrN3O4S2. The van der Waals surface area contributed by atoms with Gasteiger partial charge in [-0.1, -0.05) is 19.3 Å². The molecule has 0 aliphatic heterocycles. The number of ether oxygens (including phenoxy) is 1. The van der Waals surface area contributed by atoms with Crippen LogP contribution in [-0.2, 0) is 10.0 Å². The Kier molecular flexibility index (Phi) is 9.08. The zero-order chi connectivity index (χ0) is 24.9. The number of carbonyl (C=O) groups excluding carboxylic acids is 1. The van der Waals surface area contributed by atoms with Crippen LogP contribution in [0.25, 0.3) is 0 Å². The molecule has 1 aliphatic rings. The standard InChI is InChI=1S/C24H30BrN3O4S2/c1-16(2)32-22-14-9-17(15-21(22)25)23(29)27-24(33)26-18-10-12-20(13-11-18)34(30,31)28(3)19-7-5-4-6-8-19/h9-16,19H,4-8H2,1-3H3,(H2,26,27,29,33). The quantitative estimate of drug-likeness (QED) is 0.440. The molecule has 2 aromatic carbocycles.